The van der Waals surface area contributed by atoms with Crippen LogP contribution in [0, 0.1) is 0 Å². The molecule has 118 valence electrons. The van der Waals surface area contributed by atoms with Gasteiger partial charge >= 0.3 is 6.18 Å². The van der Waals surface area contributed by atoms with Crippen LogP contribution in [0.5, 0.6) is 0 Å². The zero-order chi connectivity index (χ0) is 16.0. The van der Waals surface area contributed by atoms with Crippen molar-refractivity contribution in [2.24, 2.45) is 5.73 Å². The fraction of sp³-hybridized carbons (Fsp3) is 0.500. The van der Waals surface area contributed by atoms with Crippen LogP contribution in [0.15, 0.2) is 18.2 Å². The van der Waals surface area contributed by atoms with Gasteiger partial charge in [-0.2, -0.15) is 13.2 Å². The highest BCUT2D eigenvalue weighted by atomic mass is 32.1. The third-order valence-corrected chi connectivity index (χ3v) is 3.24. The number of nitrogens with two attached hydrogens (primary N) is 1. The third kappa shape index (κ3) is 4.86. The van der Waals surface area contributed by atoms with E-state index in [0.29, 0.717) is 32.0 Å². The molecule has 21 heavy (non-hydrogen) atoms. The summed E-state index contributed by atoms with van der Waals surface area (Å²) in [4.78, 5) is 1.84. The summed E-state index contributed by atoms with van der Waals surface area (Å²) in [5.41, 5.74) is 5.66. The van der Waals surface area contributed by atoms with Gasteiger partial charge < -0.3 is 15.4 Å². The lowest BCUT2D eigenvalue weighted by Crippen LogP contribution is -2.30. The molecular formula is C14H19F3N2OS. The average molecular weight is 320 g/mol. The number of thiocarbonyl (C=S) groups is 1. The van der Waals surface area contributed by atoms with Crippen LogP contribution >= 0.6 is 12.2 Å². The van der Waals surface area contributed by atoms with E-state index in [2.05, 4.69) is 0 Å². The molecule has 2 N–H and O–H groups in total. The van der Waals surface area contributed by atoms with Crippen molar-refractivity contribution in [3.05, 3.63) is 29.3 Å². The van der Waals surface area contributed by atoms with Gasteiger partial charge in [-0.15, -0.1) is 0 Å². The summed E-state index contributed by atoms with van der Waals surface area (Å²) in [6, 6.07) is 3.45. The van der Waals surface area contributed by atoms with E-state index in [1.54, 1.807) is 0 Å². The zero-order valence-electron chi connectivity index (χ0n) is 12.0. The second kappa shape index (κ2) is 7.61. The molecule has 1 aromatic rings. The molecule has 0 saturated heterocycles. The predicted molar refractivity (Wildman–Crippen MR) is 81.7 cm³/mol. The summed E-state index contributed by atoms with van der Waals surface area (Å²) in [6.45, 7) is 6.05. The minimum absolute atomic E-state index is 0.0500. The van der Waals surface area contributed by atoms with Crippen molar-refractivity contribution >= 4 is 22.9 Å². The van der Waals surface area contributed by atoms with Gasteiger partial charge in [-0.3, -0.25) is 0 Å². The van der Waals surface area contributed by atoms with Crippen molar-refractivity contribution < 1.29 is 17.9 Å². The highest BCUT2D eigenvalue weighted by molar-refractivity contribution is 7.80. The van der Waals surface area contributed by atoms with Crippen LogP contribution in [0.25, 0.3) is 0 Å². The summed E-state index contributed by atoms with van der Waals surface area (Å²) >= 11 is 4.89. The lowest BCUT2D eigenvalue weighted by molar-refractivity contribution is -0.137. The second-order valence-corrected chi connectivity index (χ2v) is 4.81. The maximum Gasteiger partial charge on any atom is 0.416 e. The minimum atomic E-state index is -4.42. The summed E-state index contributed by atoms with van der Waals surface area (Å²) in [6.07, 6.45) is -4.42. The largest absolute Gasteiger partial charge is 0.416 e. The van der Waals surface area contributed by atoms with E-state index < -0.39 is 11.7 Å². The topological polar surface area (TPSA) is 38.5 Å². The SMILES string of the molecule is CCOCCN(CC)c1ccc(C(F)(F)F)cc1C(N)=S. The number of ether oxygens (including phenoxy) is 1. The molecule has 0 unspecified atom stereocenters. The lowest BCUT2D eigenvalue weighted by atomic mass is 10.1. The Hall–Kier alpha value is -1.34. The molecule has 0 aromatic heterocycles. The zero-order valence-corrected chi connectivity index (χ0v) is 12.9. The van der Waals surface area contributed by atoms with E-state index in [0.717, 1.165) is 12.1 Å². The maximum absolute atomic E-state index is 12.8. The normalized spacial score (nSPS) is 11.5. The Morgan fingerprint density at radius 1 is 1.33 bits per heavy atom. The number of likely N-dealkylation sites (N-methyl/N-ethyl adjacent to an activating group) is 1. The van der Waals surface area contributed by atoms with Gasteiger partial charge in [0.05, 0.1) is 12.2 Å². The Morgan fingerprint density at radius 2 is 2.00 bits per heavy atom. The van der Waals surface area contributed by atoms with Gasteiger partial charge in [0.1, 0.15) is 4.99 Å². The summed E-state index contributed by atoms with van der Waals surface area (Å²) in [7, 11) is 0. The Balaban J connectivity index is 3.12. The number of alkyl halides is 3. The number of hydrogen-bond donors (Lipinski definition) is 1. The Morgan fingerprint density at radius 3 is 2.48 bits per heavy atom. The molecule has 0 spiro atoms. The molecule has 0 heterocycles. The molecule has 1 aromatic carbocycles. The molecule has 0 aliphatic rings. The summed E-state index contributed by atoms with van der Waals surface area (Å²) in [5, 5.41) is 0. The molecule has 0 saturated carbocycles. The van der Waals surface area contributed by atoms with Crippen LogP contribution in [-0.2, 0) is 10.9 Å². The van der Waals surface area contributed by atoms with Crippen molar-refractivity contribution in [1.29, 1.82) is 0 Å². The number of nitrogens with zero attached hydrogens (tertiary/aromatic N) is 1. The van der Waals surface area contributed by atoms with Crippen molar-refractivity contribution in [1.82, 2.24) is 0 Å². The fourth-order valence-electron chi connectivity index (χ4n) is 1.95. The molecule has 0 fully saturated rings. The predicted octanol–water partition coefficient (Wildman–Crippen LogP) is 3.20. The first-order valence-corrected chi connectivity index (χ1v) is 7.05. The van der Waals surface area contributed by atoms with Gasteiger partial charge in [0, 0.05) is 30.9 Å². The van der Waals surface area contributed by atoms with Gasteiger partial charge in [-0.05, 0) is 32.0 Å². The highest BCUT2D eigenvalue weighted by Crippen LogP contribution is 2.32. The van der Waals surface area contributed by atoms with Gasteiger partial charge in [-0.1, -0.05) is 12.2 Å². The van der Waals surface area contributed by atoms with E-state index in [1.165, 1.54) is 6.07 Å². The first kappa shape index (κ1) is 17.7. The van der Waals surface area contributed by atoms with Crippen LogP contribution < -0.4 is 10.6 Å². The lowest BCUT2D eigenvalue weighted by Gasteiger charge is -2.26. The molecule has 3 nitrogen and oxygen atoms in total. The Labute approximate surface area is 127 Å². The fourth-order valence-corrected chi connectivity index (χ4v) is 2.12. The molecule has 0 atom stereocenters. The first-order chi connectivity index (χ1) is 9.81. The molecule has 0 amide bonds. The van der Waals surface area contributed by atoms with E-state index in [-0.39, 0.29) is 10.6 Å². The number of anilines is 1. The van der Waals surface area contributed by atoms with E-state index in [1.807, 2.05) is 18.7 Å². The number of rotatable bonds is 7. The monoisotopic (exact) mass is 320 g/mol. The maximum atomic E-state index is 12.8. The van der Waals surface area contributed by atoms with Gasteiger partial charge in [-0.25, -0.2) is 0 Å². The van der Waals surface area contributed by atoms with Gasteiger partial charge in [0.15, 0.2) is 0 Å². The summed E-state index contributed by atoms with van der Waals surface area (Å²) < 4.78 is 43.6. The van der Waals surface area contributed by atoms with Crippen molar-refractivity contribution in [3.63, 3.8) is 0 Å². The standard InChI is InChI=1S/C14H19F3N2OS/c1-3-19(7-8-20-4-2)12-6-5-10(14(15,16)17)9-11(12)13(18)21/h5-6,9H,3-4,7-8H2,1-2H3,(H2,18,21). The number of benzene rings is 1. The summed E-state index contributed by atoms with van der Waals surface area (Å²) in [5.74, 6) is 0. The second-order valence-electron chi connectivity index (χ2n) is 4.37. The molecule has 1 rings (SSSR count). The molecule has 0 aliphatic carbocycles. The minimum Gasteiger partial charge on any atom is -0.389 e. The van der Waals surface area contributed by atoms with Crippen molar-refractivity contribution in [2.45, 2.75) is 20.0 Å². The van der Waals surface area contributed by atoms with Crippen LogP contribution in [0.1, 0.15) is 25.0 Å². The third-order valence-electron chi connectivity index (χ3n) is 3.02. The van der Waals surface area contributed by atoms with E-state index >= 15 is 0 Å². The highest BCUT2D eigenvalue weighted by Gasteiger charge is 2.31. The molecule has 0 bridgehead atoms. The number of hydrogen-bond acceptors (Lipinski definition) is 3. The first-order valence-electron chi connectivity index (χ1n) is 6.65. The molecular weight excluding hydrogens is 301 g/mol. The smallest absolute Gasteiger partial charge is 0.389 e. The van der Waals surface area contributed by atoms with Crippen LogP contribution in [-0.4, -0.2) is 31.3 Å². The molecule has 7 heteroatoms. The number of halogens is 3. The molecule has 0 aliphatic heterocycles. The quantitative estimate of drug-likeness (QED) is 0.618. The Bertz CT molecular complexity index is 492. The van der Waals surface area contributed by atoms with E-state index in [9.17, 15) is 13.2 Å². The van der Waals surface area contributed by atoms with Crippen LogP contribution in [0.4, 0.5) is 18.9 Å². The van der Waals surface area contributed by atoms with Gasteiger partial charge in [0.25, 0.3) is 0 Å². The average Bonchev–Trinajstić information content (AvgIpc) is 2.42. The van der Waals surface area contributed by atoms with Crippen LogP contribution in [0.3, 0.4) is 0 Å². The van der Waals surface area contributed by atoms with Gasteiger partial charge in [0.2, 0.25) is 0 Å². The van der Waals surface area contributed by atoms with Crippen LogP contribution in [0.2, 0.25) is 0 Å². The van der Waals surface area contributed by atoms with Crippen molar-refractivity contribution in [3.8, 4) is 0 Å². The van der Waals surface area contributed by atoms with E-state index in [4.69, 9.17) is 22.7 Å². The van der Waals surface area contributed by atoms with Crippen molar-refractivity contribution in [2.75, 3.05) is 31.2 Å². The Kier molecular flexibility index (Phi) is 6.42. The molecule has 0 radical (unpaired) electrons.